The van der Waals surface area contributed by atoms with Crippen LogP contribution in [0.1, 0.15) is 12.6 Å². The number of rotatable bonds is 4. The molecule has 1 atom stereocenters. The molecule has 0 saturated carbocycles. The molecule has 1 amide bonds. The van der Waals surface area contributed by atoms with E-state index < -0.39 is 17.3 Å². The Hall–Kier alpha value is -1.89. The van der Waals surface area contributed by atoms with Crippen molar-refractivity contribution in [2.45, 2.75) is 13.3 Å². The molecule has 0 aromatic carbocycles. The van der Waals surface area contributed by atoms with Gasteiger partial charge in [-0.05, 0) is 6.92 Å². The van der Waals surface area contributed by atoms with Gasteiger partial charge >= 0.3 is 5.97 Å². The second kappa shape index (κ2) is 4.41. The summed E-state index contributed by atoms with van der Waals surface area (Å²) in [5.41, 5.74) is -0.908. The van der Waals surface area contributed by atoms with Gasteiger partial charge in [0.05, 0.1) is 5.69 Å². The quantitative estimate of drug-likeness (QED) is 0.802. The molecule has 0 aliphatic rings. The number of nitrogens with zero attached hydrogens (tertiary/aromatic N) is 2. The van der Waals surface area contributed by atoms with Gasteiger partial charge in [-0.3, -0.25) is 14.0 Å². The number of hydrogen-bond donors (Lipinski definition) is 2. The maximum atomic E-state index is 11.7. The van der Waals surface area contributed by atoms with Crippen molar-refractivity contribution >= 4 is 28.2 Å². The third-order valence-corrected chi connectivity index (χ3v) is 3.65. The zero-order valence-corrected chi connectivity index (χ0v) is 10.8. The Morgan fingerprint density at radius 1 is 1.61 bits per heavy atom. The summed E-state index contributed by atoms with van der Waals surface area (Å²) in [6, 6.07) is 0. The Labute approximate surface area is 107 Å². The topological polar surface area (TPSA) is 83.7 Å². The number of amides is 1. The molecule has 1 unspecified atom stereocenters. The molecule has 0 aliphatic heterocycles. The van der Waals surface area contributed by atoms with E-state index >= 15 is 0 Å². The monoisotopic (exact) mass is 267 g/mol. The Balaban J connectivity index is 2.32. The molecule has 18 heavy (non-hydrogen) atoms. The summed E-state index contributed by atoms with van der Waals surface area (Å²) in [4.78, 5) is 28.1. The smallest absolute Gasteiger partial charge is 0.319 e. The summed E-state index contributed by atoms with van der Waals surface area (Å²) in [7, 11) is 1.43. The van der Waals surface area contributed by atoms with Crippen molar-refractivity contribution in [1.82, 2.24) is 14.7 Å². The Morgan fingerprint density at radius 3 is 2.89 bits per heavy atom. The van der Waals surface area contributed by atoms with Gasteiger partial charge in [-0.2, -0.15) is 0 Å². The van der Waals surface area contributed by atoms with Crippen LogP contribution in [-0.4, -0.2) is 33.4 Å². The number of hydrogen-bond acceptors (Lipinski definition) is 4. The molecule has 0 fully saturated rings. The van der Waals surface area contributed by atoms with Crippen molar-refractivity contribution < 1.29 is 14.7 Å². The lowest BCUT2D eigenvalue weighted by Gasteiger charge is -2.21. The summed E-state index contributed by atoms with van der Waals surface area (Å²) in [5.74, 6) is -1.68. The molecule has 2 aromatic rings. The normalized spacial score (nSPS) is 14.3. The minimum absolute atomic E-state index is 0.0659. The minimum Gasteiger partial charge on any atom is -0.480 e. The van der Waals surface area contributed by atoms with E-state index in [4.69, 9.17) is 0 Å². The van der Waals surface area contributed by atoms with Crippen molar-refractivity contribution in [3.8, 4) is 0 Å². The number of aliphatic carboxylic acids is 1. The number of carbonyl (C=O) groups excluding carboxylic acids is 1. The highest BCUT2D eigenvalue weighted by Gasteiger charge is 2.41. The van der Waals surface area contributed by atoms with Gasteiger partial charge in [0, 0.05) is 31.2 Å². The highest BCUT2D eigenvalue weighted by molar-refractivity contribution is 7.15. The van der Waals surface area contributed by atoms with Gasteiger partial charge in [-0.15, -0.1) is 11.3 Å². The Morgan fingerprint density at radius 2 is 2.33 bits per heavy atom. The van der Waals surface area contributed by atoms with Crippen LogP contribution in [0.3, 0.4) is 0 Å². The van der Waals surface area contributed by atoms with Crippen LogP contribution in [0.25, 0.3) is 4.96 Å². The molecule has 2 aromatic heterocycles. The maximum Gasteiger partial charge on any atom is 0.319 e. The zero-order chi connectivity index (χ0) is 13.3. The van der Waals surface area contributed by atoms with Crippen molar-refractivity contribution in [2.75, 3.05) is 7.05 Å². The average molecular weight is 267 g/mol. The van der Waals surface area contributed by atoms with Crippen molar-refractivity contribution in [1.29, 1.82) is 0 Å². The second-order valence-corrected chi connectivity index (χ2v) is 5.09. The molecule has 96 valence electrons. The van der Waals surface area contributed by atoms with Gasteiger partial charge < -0.3 is 10.4 Å². The first-order valence-electron chi connectivity index (χ1n) is 5.34. The van der Waals surface area contributed by atoms with Crippen molar-refractivity contribution in [3.63, 3.8) is 0 Å². The van der Waals surface area contributed by atoms with E-state index in [1.165, 1.54) is 25.3 Å². The number of thiazole rings is 1. The standard InChI is InChI=1S/C11H13N3O3S/c1-11(9(16)17,8(15)12-2)5-7-6-14-3-4-18-10(14)13-7/h3-4,6H,5H2,1-2H3,(H,12,15)(H,16,17). The maximum absolute atomic E-state index is 11.7. The van der Waals surface area contributed by atoms with Crippen molar-refractivity contribution in [3.05, 3.63) is 23.5 Å². The number of carboxylic acids is 1. The van der Waals surface area contributed by atoms with Crippen LogP contribution in [0.15, 0.2) is 17.8 Å². The van der Waals surface area contributed by atoms with E-state index in [1.807, 2.05) is 16.0 Å². The van der Waals surface area contributed by atoms with E-state index in [-0.39, 0.29) is 6.42 Å². The lowest BCUT2D eigenvalue weighted by molar-refractivity contribution is -0.154. The first-order valence-corrected chi connectivity index (χ1v) is 6.22. The number of fused-ring (bicyclic) bond motifs is 1. The van der Waals surface area contributed by atoms with Crippen LogP contribution in [0, 0.1) is 5.41 Å². The highest BCUT2D eigenvalue weighted by atomic mass is 32.1. The minimum atomic E-state index is -1.50. The summed E-state index contributed by atoms with van der Waals surface area (Å²) in [6.07, 6.45) is 3.65. The van der Waals surface area contributed by atoms with E-state index in [1.54, 1.807) is 6.20 Å². The molecule has 0 spiro atoms. The van der Waals surface area contributed by atoms with E-state index in [9.17, 15) is 14.7 Å². The highest BCUT2D eigenvalue weighted by Crippen LogP contribution is 2.24. The fourth-order valence-electron chi connectivity index (χ4n) is 1.75. The zero-order valence-electron chi connectivity index (χ0n) is 10.0. The van der Waals surface area contributed by atoms with Crippen LogP contribution in [0.4, 0.5) is 0 Å². The number of carbonyl (C=O) groups is 2. The molecule has 2 heterocycles. The molecular formula is C11H13N3O3S. The van der Waals surface area contributed by atoms with E-state index in [0.29, 0.717) is 5.69 Å². The van der Waals surface area contributed by atoms with E-state index in [0.717, 1.165) is 4.96 Å². The average Bonchev–Trinajstić information content (AvgIpc) is 2.87. The largest absolute Gasteiger partial charge is 0.480 e. The fraction of sp³-hybridized carbons (Fsp3) is 0.364. The van der Waals surface area contributed by atoms with E-state index in [2.05, 4.69) is 10.3 Å². The molecule has 2 N–H and O–H groups in total. The third kappa shape index (κ3) is 1.97. The molecule has 2 rings (SSSR count). The lowest BCUT2D eigenvalue weighted by atomic mass is 9.84. The third-order valence-electron chi connectivity index (χ3n) is 2.88. The summed E-state index contributed by atoms with van der Waals surface area (Å²) in [6.45, 7) is 1.40. The summed E-state index contributed by atoms with van der Waals surface area (Å²) < 4.78 is 1.81. The van der Waals surface area contributed by atoms with Gasteiger partial charge in [0.2, 0.25) is 5.91 Å². The van der Waals surface area contributed by atoms with Crippen LogP contribution in [0.5, 0.6) is 0 Å². The van der Waals surface area contributed by atoms with Crippen LogP contribution in [0.2, 0.25) is 0 Å². The Bertz CT molecular complexity index is 575. The SMILES string of the molecule is CNC(=O)C(C)(Cc1cn2ccsc2n1)C(=O)O. The fourth-order valence-corrected chi connectivity index (χ4v) is 2.47. The van der Waals surface area contributed by atoms with Gasteiger partial charge in [0.1, 0.15) is 5.41 Å². The van der Waals surface area contributed by atoms with Crippen LogP contribution >= 0.6 is 11.3 Å². The number of carboxylic acid groups (broad SMARTS) is 1. The predicted octanol–water partition coefficient (Wildman–Crippen LogP) is 0.775. The predicted molar refractivity (Wildman–Crippen MR) is 66.6 cm³/mol. The molecule has 7 heteroatoms. The van der Waals surface area contributed by atoms with Crippen LogP contribution in [-0.2, 0) is 16.0 Å². The van der Waals surface area contributed by atoms with Gasteiger partial charge in [0.15, 0.2) is 4.96 Å². The van der Waals surface area contributed by atoms with Gasteiger partial charge in [0.25, 0.3) is 0 Å². The molecule has 0 saturated heterocycles. The lowest BCUT2D eigenvalue weighted by Crippen LogP contribution is -2.44. The number of imidazole rings is 1. The summed E-state index contributed by atoms with van der Waals surface area (Å²) >= 11 is 1.46. The first kappa shape index (κ1) is 12.6. The molecule has 6 nitrogen and oxygen atoms in total. The molecule has 0 radical (unpaired) electrons. The van der Waals surface area contributed by atoms with Gasteiger partial charge in [-0.1, -0.05) is 0 Å². The Kier molecular flexibility index (Phi) is 3.08. The first-order chi connectivity index (χ1) is 8.47. The number of nitrogens with one attached hydrogen (secondary N) is 1. The molecule has 0 aliphatic carbocycles. The van der Waals surface area contributed by atoms with Crippen LogP contribution < -0.4 is 5.32 Å². The second-order valence-electron chi connectivity index (χ2n) is 4.22. The summed E-state index contributed by atoms with van der Waals surface area (Å²) in [5, 5.41) is 13.5. The molecule has 0 bridgehead atoms. The molecular weight excluding hydrogens is 254 g/mol. The number of aromatic nitrogens is 2. The van der Waals surface area contributed by atoms with Crippen molar-refractivity contribution in [2.24, 2.45) is 5.41 Å². The van der Waals surface area contributed by atoms with Gasteiger partial charge in [-0.25, -0.2) is 4.98 Å².